The molecule has 0 heteroatoms. The molecule has 0 heterocycles. The highest BCUT2D eigenvalue weighted by molar-refractivity contribution is 5.17. The Morgan fingerprint density at radius 1 is 1.06 bits per heavy atom. The maximum Gasteiger partial charge on any atom is -0.0206 e. The molecule has 1 aliphatic rings. The van der Waals surface area contributed by atoms with Crippen LogP contribution in [0.2, 0.25) is 0 Å². The van der Waals surface area contributed by atoms with Crippen LogP contribution < -0.4 is 0 Å². The molecule has 2 rings (SSSR count). The SMILES string of the molecule is CC(=C=C1CCCCC1)CCc1ccccc1. The maximum absolute atomic E-state index is 3.62. The van der Waals surface area contributed by atoms with Crippen molar-refractivity contribution in [2.45, 2.75) is 51.9 Å². The Morgan fingerprint density at radius 3 is 2.47 bits per heavy atom. The van der Waals surface area contributed by atoms with Gasteiger partial charge in [-0.1, -0.05) is 36.8 Å². The van der Waals surface area contributed by atoms with E-state index < -0.39 is 0 Å². The Morgan fingerprint density at radius 2 is 1.76 bits per heavy atom. The first kappa shape index (κ1) is 12.2. The van der Waals surface area contributed by atoms with Gasteiger partial charge in [-0.15, -0.1) is 5.73 Å². The van der Waals surface area contributed by atoms with E-state index in [4.69, 9.17) is 0 Å². The van der Waals surface area contributed by atoms with Gasteiger partial charge in [0.1, 0.15) is 0 Å². The van der Waals surface area contributed by atoms with Crippen molar-refractivity contribution in [3.05, 3.63) is 52.8 Å². The van der Waals surface area contributed by atoms with Gasteiger partial charge < -0.3 is 0 Å². The summed E-state index contributed by atoms with van der Waals surface area (Å²) in [7, 11) is 0. The van der Waals surface area contributed by atoms with Crippen molar-refractivity contribution in [3.8, 4) is 0 Å². The van der Waals surface area contributed by atoms with Gasteiger partial charge in [-0.05, 0) is 62.2 Å². The largest absolute Gasteiger partial charge is 0.123 e. The normalized spacial score (nSPS) is 15.5. The van der Waals surface area contributed by atoms with Crippen LogP contribution >= 0.6 is 0 Å². The van der Waals surface area contributed by atoms with Gasteiger partial charge in [0.15, 0.2) is 0 Å². The molecule has 0 nitrogen and oxygen atoms in total. The molecule has 0 aromatic heterocycles. The standard InChI is InChI=1S/C17H22/c1-15(14-17-10-6-3-7-11-17)12-13-16-8-4-2-5-9-16/h2,4-5,8-9H,3,6-7,10-13H2,1H3. The second-order valence-electron chi connectivity index (χ2n) is 5.06. The predicted molar refractivity (Wildman–Crippen MR) is 74.1 cm³/mol. The van der Waals surface area contributed by atoms with Gasteiger partial charge in [-0.3, -0.25) is 0 Å². The van der Waals surface area contributed by atoms with Gasteiger partial charge in [0.2, 0.25) is 0 Å². The lowest BCUT2D eigenvalue weighted by atomic mass is 9.94. The molecular weight excluding hydrogens is 204 g/mol. The third kappa shape index (κ3) is 4.24. The Kier molecular flexibility index (Phi) is 4.64. The summed E-state index contributed by atoms with van der Waals surface area (Å²) in [5.74, 6) is 0. The molecule has 0 atom stereocenters. The molecule has 1 aromatic rings. The molecule has 17 heavy (non-hydrogen) atoms. The molecule has 0 N–H and O–H groups in total. The fourth-order valence-corrected chi connectivity index (χ4v) is 2.44. The van der Waals surface area contributed by atoms with Crippen LogP contribution in [0.25, 0.3) is 0 Å². The first-order valence-corrected chi connectivity index (χ1v) is 6.82. The van der Waals surface area contributed by atoms with Crippen LogP contribution in [0.3, 0.4) is 0 Å². The molecule has 0 radical (unpaired) electrons. The van der Waals surface area contributed by atoms with E-state index in [2.05, 4.69) is 43.0 Å². The Balaban J connectivity index is 1.92. The van der Waals surface area contributed by atoms with Crippen molar-refractivity contribution in [1.29, 1.82) is 0 Å². The van der Waals surface area contributed by atoms with E-state index in [0.717, 1.165) is 12.8 Å². The highest BCUT2D eigenvalue weighted by Gasteiger charge is 2.04. The number of rotatable bonds is 3. The van der Waals surface area contributed by atoms with Crippen LogP contribution in [0, 0.1) is 0 Å². The predicted octanol–water partition coefficient (Wildman–Crippen LogP) is 5.05. The third-order valence-electron chi connectivity index (χ3n) is 3.48. The molecule has 0 spiro atoms. The van der Waals surface area contributed by atoms with Crippen molar-refractivity contribution in [1.82, 2.24) is 0 Å². The van der Waals surface area contributed by atoms with Gasteiger partial charge in [-0.25, -0.2) is 0 Å². The van der Waals surface area contributed by atoms with E-state index in [1.54, 1.807) is 5.57 Å². The van der Waals surface area contributed by atoms with E-state index in [-0.39, 0.29) is 0 Å². The first-order chi connectivity index (χ1) is 8.34. The van der Waals surface area contributed by atoms with Gasteiger partial charge in [0, 0.05) is 0 Å². The van der Waals surface area contributed by atoms with E-state index in [9.17, 15) is 0 Å². The van der Waals surface area contributed by atoms with E-state index >= 15 is 0 Å². The first-order valence-electron chi connectivity index (χ1n) is 6.82. The summed E-state index contributed by atoms with van der Waals surface area (Å²) in [6.45, 7) is 2.23. The zero-order chi connectivity index (χ0) is 11.9. The van der Waals surface area contributed by atoms with Gasteiger partial charge >= 0.3 is 0 Å². The fourth-order valence-electron chi connectivity index (χ4n) is 2.44. The quantitative estimate of drug-likeness (QED) is 0.632. The summed E-state index contributed by atoms with van der Waals surface area (Å²) < 4.78 is 0. The van der Waals surface area contributed by atoms with Crippen LogP contribution in [0.15, 0.2) is 47.2 Å². The van der Waals surface area contributed by atoms with Crippen molar-refractivity contribution < 1.29 is 0 Å². The minimum Gasteiger partial charge on any atom is -0.123 e. The van der Waals surface area contributed by atoms with E-state index in [1.165, 1.54) is 43.2 Å². The third-order valence-corrected chi connectivity index (χ3v) is 3.48. The van der Waals surface area contributed by atoms with Gasteiger partial charge in [0.25, 0.3) is 0 Å². The fraction of sp³-hybridized carbons (Fsp3) is 0.471. The van der Waals surface area contributed by atoms with E-state index in [0.29, 0.717) is 0 Å². The minimum atomic E-state index is 1.15. The highest BCUT2D eigenvalue weighted by atomic mass is 14.1. The number of allylic oxidation sites excluding steroid dienone is 1. The molecule has 1 aromatic carbocycles. The van der Waals surface area contributed by atoms with Crippen molar-refractivity contribution >= 4 is 0 Å². The molecule has 0 amide bonds. The second kappa shape index (κ2) is 6.47. The van der Waals surface area contributed by atoms with Crippen molar-refractivity contribution in [2.75, 3.05) is 0 Å². The van der Waals surface area contributed by atoms with Crippen LogP contribution in [-0.4, -0.2) is 0 Å². The topological polar surface area (TPSA) is 0 Å². The van der Waals surface area contributed by atoms with Crippen molar-refractivity contribution in [3.63, 3.8) is 0 Å². The lowest BCUT2D eigenvalue weighted by Gasteiger charge is -2.11. The molecule has 1 saturated carbocycles. The van der Waals surface area contributed by atoms with Gasteiger partial charge in [0.05, 0.1) is 0 Å². The van der Waals surface area contributed by atoms with Crippen LogP contribution in [0.4, 0.5) is 0 Å². The van der Waals surface area contributed by atoms with Crippen LogP contribution in [0.1, 0.15) is 51.0 Å². The van der Waals surface area contributed by atoms with E-state index in [1.807, 2.05) is 0 Å². The minimum absolute atomic E-state index is 1.15. The summed E-state index contributed by atoms with van der Waals surface area (Å²) in [4.78, 5) is 0. The molecule has 1 aliphatic carbocycles. The maximum atomic E-state index is 3.62. The monoisotopic (exact) mass is 226 g/mol. The Labute approximate surface area is 105 Å². The summed E-state index contributed by atoms with van der Waals surface area (Å²) in [6.07, 6.45) is 9.00. The second-order valence-corrected chi connectivity index (χ2v) is 5.06. The lowest BCUT2D eigenvalue weighted by molar-refractivity contribution is 0.599. The summed E-state index contributed by atoms with van der Waals surface area (Å²) in [5, 5.41) is 0. The summed E-state index contributed by atoms with van der Waals surface area (Å²) in [5.41, 5.74) is 8.03. The molecule has 0 saturated heterocycles. The number of benzene rings is 1. The number of aryl methyl sites for hydroxylation is 1. The van der Waals surface area contributed by atoms with Crippen molar-refractivity contribution in [2.24, 2.45) is 0 Å². The lowest BCUT2D eigenvalue weighted by Crippen LogP contribution is -1.92. The summed E-state index contributed by atoms with van der Waals surface area (Å²) in [6, 6.07) is 10.7. The number of hydrogen-bond donors (Lipinski definition) is 0. The Hall–Kier alpha value is -1.26. The zero-order valence-electron chi connectivity index (χ0n) is 10.8. The molecule has 0 aliphatic heterocycles. The average molecular weight is 226 g/mol. The zero-order valence-corrected chi connectivity index (χ0v) is 10.8. The molecule has 1 fully saturated rings. The highest BCUT2D eigenvalue weighted by Crippen LogP contribution is 2.22. The molecule has 90 valence electrons. The van der Waals surface area contributed by atoms with Gasteiger partial charge in [-0.2, -0.15) is 0 Å². The smallest absolute Gasteiger partial charge is 0.0206 e. The van der Waals surface area contributed by atoms with Crippen LogP contribution in [-0.2, 0) is 6.42 Å². The Bertz CT molecular complexity index is 397. The average Bonchev–Trinajstić information content (AvgIpc) is 2.39. The molecular formula is C17H22. The number of hydrogen-bond acceptors (Lipinski definition) is 0. The summed E-state index contributed by atoms with van der Waals surface area (Å²) >= 11 is 0. The molecule has 0 unspecified atom stereocenters. The van der Waals surface area contributed by atoms with Crippen LogP contribution in [0.5, 0.6) is 0 Å². The molecule has 0 bridgehead atoms.